The average Bonchev–Trinajstić information content (AvgIpc) is 2.94. The highest BCUT2D eigenvalue weighted by atomic mass is 19.4. The summed E-state index contributed by atoms with van der Waals surface area (Å²) >= 11 is 0. The Balaban J connectivity index is 1.93. The van der Waals surface area contributed by atoms with E-state index in [1.54, 1.807) is 17.9 Å². The molecule has 1 N–H and O–H groups in total. The number of aromatic nitrogens is 5. The Morgan fingerprint density at radius 3 is 2.58 bits per heavy atom. The highest BCUT2D eigenvalue weighted by Gasteiger charge is 2.32. The minimum atomic E-state index is -4.36. The maximum Gasteiger partial charge on any atom is 0.419 e. The average molecular weight is 274 g/mol. The number of hydrogen-bond acceptors (Lipinski definition) is 4. The van der Waals surface area contributed by atoms with Gasteiger partial charge in [0.2, 0.25) is 0 Å². The highest BCUT2D eigenvalue weighted by Crippen LogP contribution is 2.28. The second kappa shape index (κ2) is 5.39. The van der Waals surface area contributed by atoms with Gasteiger partial charge in [0.15, 0.2) is 0 Å². The van der Waals surface area contributed by atoms with Gasteiger partial charge >= 0.3 is 6.18 Å². The molecule has 0 aromatic carbocycles. The quantitative estimate of drug-likeness (QED) is 0.880. The molecule has 0 fully saturated rings. The van der Waals surface area contributed by atoms with Gasteiger partial charge in [-0.25, -0.2) is 0 Å². The molecule has 9 heteroatoms. The van der Waals surface area contributed by atoms with Crippen LogP contribution >= 0.6 is 0 Å². The van der Waals surface area contributed by atoms with E-state index in [1.807, 2.05) is 0 Å². The van der Waals surface area contributed by atoms with Crippen LogP contribution in [0.5, 0.6) is 0 Å². The number of nitrogens with one attached hydrogen (secondary N) is 1. The largest absolute Gasteiger partial charge is 0.419 e. The number of aryl methyl sites for hydroxylation is 2. The van der Waals surface area contributed by atoms with Crippen molar-refractivity contribution in [3.8, 4) is 0 Å². The summed E-state index contributed by atoms with van der Waals surface area (Å²) in [5, 5.41) is 14.4. The fourth-order valence-corrected chi connectivity index (χ4v) is 1.55. The van der Waals surface area contributed by atoms with Crippen LogP contribution in [-0.2, 0) is 25.8 Å². The lowest BCUT2D eigenvalue weighted by Gasteiger charge is -2.02. The van der Waals surface area contributed by atoms with E-state index < -0.39 is 11.7 Å². The minimum Gasteiger partial charge on any atom is -0.314 e. The zero-order chi connectivity index (χ0) is 13.9. The van der Waals surface area contributed by atoms with Crippen LogP contribution in [0.15, 0.2) is 18.6 Å². The van der Waals surface area contributed by atoms with Crippen molar-refractivity contribution in [3.05, 3.63) is 29.8 Å². The molecule has 0 aliphatic heterocycles. The van der Waals surface area contributed by atoms with Crippen molar-refractivity contribution in [1.82, 2.24) is 30.1 Å². The van der Waals surface area contributed by atoms with Gasteiger partial charge in [-0.05, 0) is 7.05 Å². The zero-order valence-corrected chi connectivity index (χ0v) is 10.2. The van der Waals surface area contributed by atoms with Gasteiger partial charge in [-0.1, -0.05) is 5.21 Å². The molecule has 0 saturated carbocycles. The molecular formula is C10H13F3N6. The van der Waals surface area contributed by atoms with E-state index in [4.69, 9.17) is 0 Å². The first-order chi connectivity index (χ1) is 8.99. The summed E-state index contributed by atoms with van der Waals surface area (Å²) < 4.78 is 39.9. The summed E-state index contributed by atoms with van der Waals surface area (Å²) in [6.45, 7) is 1.31. The summed E-state index contributed by atoms with van der Waals surface area (Å²) in [5.41, 5.74) is 0.0286. The summed E-state index contributed by atoms with van der Waals surface area (Å²) in [6, 6.07) is 0. The van der Waals surface area contributed by atoms with Gasteiger partial charge in [-0.3, -0.25) is 9.36 Å². The summed E-state index contributed by atoms with van der Waals surface area (Å²) in [7, 11) is 1.79. The van der Waals surface area contributed by atoms with Crippen molar-refractivity contribution in [2.75, 3.05) is 7.05 Å². The van der Waals surface area contributed by atoms with Crippen LogP contribution in [0.4, 0.5) is 13.2 Å². The molecule has 0 radical (unpaired) electrons. The molecule has 0 aliphatic rings. The first-order valence-electron chi connectivity index (χ1n) is 5.62. The second-order valence-electron chi connectivity index (χ2n) is 3.99. The molecule has 0 spiro atoms. The topological polar surface area (TPSA) is 60.6 Å². The predicted octanol–water partition coefficient (Wildman–Crippen LogP) is 0.913. The second-order valence-corrected chi connectivity index (χ2v) is 3.99. The molecular weight excluding hydrogens is 261 g/mol. The third-order valence-electron chi connectivity index (χ3n) is 2.46. The lowest BCUT2D eigenvalue weighted by atomic mass is 10.4. The van der Waals surface area contributed by atoms with E-state index in [2.05, 4.69) is 20.7 Å². The van der Waals surface area contributed by atoms with Crippen LogP contribution in [0, 0.1) is 0 Å². The minimum absolute atomic E-state index is 0.304. The van der Waals surface area contributed by atoms with Gasteiger partial charge < -0.3 is 5.32 Å². The Hall–Kier alpha value is -1.90. The van der Waals surface area contributed by atoms with Crippen molar-refractivity contribution in [2.24, 2.45) is 0 Å². The lowest BCUT2D eigenvalue weighted by molar-refractivity contribution is -0.137. The highest BCUT2D eigenvalue weighted by molar-refractivity contribution is 5.08. The molecule has 0 saturated heterocycles. The zero-order valence-electron chi connectivity index (χ0n) is 10.2. The van der Waals surface area contributed by atoms with Crippen LogP contribution in [-0.4, -0.2) is 31.8 Å². The standard InChI is InChI=1S/C10H13F3N6/c1-14-5-9-7-19(17-16-9)3-2-18-6-8(4-15-18)10(11,12)13/h4,6-7,14H,2-3,5H2,1H3. The van der Waals surface area contributed by atoms with E-state index in [-0.39, 0.29) is 0 Å². The fourth-order valence-electron chi connectivity index (χ4n) is 1.55. The third-order valence-corrected chi connectivity index (χ3v) is 2.46. The van der Waals surface area contributed by atoms with Crippen LogP contribution in [0.1, 0.15) is 11.3 Å². The smallest absolute Gasteiger partial charge is 0.314 e. The molecule has 2 heterocycles. The van der Waals surface area contributed by atoms with E-state index >= 15 is 0 Å². The van der Waals surface area contributed by atoms with Crippen molar-refractivity contribution in [2.45, 2.75) is 25.8 Å². The van der Waals surface area contributed by atoms with Crippen molar-refractivity contribution in [1.29, 1.82) is 0 Å². The molecule has 2 aromatic heterocycles. The maximum atomic E-state index is 12.4. The van der Waals surface area contributed by atoms with Gasteiger partial charge in [-0.15, -0.1) is 5.10 Å². The summed E-state index contributed by atoms with van der Waals surface area (Å²) in [5.74, 6) is 0. The summed E-state index contributed by atoms with van der Waals surface area (Å²) in [4.78, 5) is 0. The van der Waals surface area contributed by atoms with Gasteiger partial charge in [0.25, 0.3) is 0 Å². The summed E-state index contributed by atoms with van der Waals surface area (Å²) in [6.07, 6.45) is -0.824. The van der Waals surface area contributed by atoms with E-state index in [9.17, 15) is 13.2 Å². The maximum absolute atomic E-state index is 12.4. The van der Waals surface area contributed by atoms with E-state index in [1.165, 1.54) is 4.68 Å². The molecule has 6 nitrogen and oxygen atoms in total. The first-order valence-corrected chi connectivity index (χ1v) is 5.62. The fraction of sp³-hybridized carbons (Fsp3) is 0.500. The van der Waals surface area contributed by atoms with Gasteiger partial charge in [-0.2, -0.15) is 18.3 Å². The van der Waals surface area contributed by atoms with Crippen LogP contribution in [0.25, 0.3) is 0 Å². The number of nitrogens with zero attached hydrogens (tertiary/aromatic N) is 5. The molecule has 0 aliphatic carbocycles. The molecule has 19 heavy (non-hydrogen) atoms. The lowest BCUT2D eigenvalue weighted by Crippen LogP contribution is -2.09. The Bertz CT molecular complexity index is 529. The number of halogens is 3. The Labute approximate surface area is 107 Å². The number of rotatable bonds is 5. The van der Waals surface area contributed by atoms with Crippen molar-refractivity contribution in [3.63, 3.8) is 0 Å². The molecule has 0 unspecified atom stereocenters. The van der Waals surface area contributed by atoms with Crippen LogP contribution in [0.3, 0.4) is 0 Å². The number of alkyl halides is 3. The van der Waals surface area contributed by atoms with Crippen molar-refractivity contribution < 1.29 is 13.2 Å². The van der Waals surface area contributed by atoms with Gasteiger partial charge in [0.05, 0.1) is 30.5 Å². The molecule has 104 valence electrons. The molecule has 0 bridgehead atoms. The van der Waals surface area contributed by atoms with Crippen LogP contribution in [0.2, 0.25) is 0 Å². The monoisotopic (exact) mass is 274 g/mol. The van der Waals surface area contributed by atoms with Gasteiger partial charge in [0, 0.05) is 18.9 Å². The van der Waals surface area contributed by atoms with Crippen molar-refractivity contribution >= 4 is 0 Å². The number of hydrogen-bond donors (Lipinski definition) is 1. The van der Waals surface area contributed by atoms with Crippen LogP contribution < -0.4 is 5.32 Å². The first kappa shape index (κ1) is 13.5. The molecule has 2 rings (SSSR count). The predicted molar refractivity (Wildman–Crippen MR) is 60.0 cm³/mol. The molecule has 2 aromatic rings. The van der Waals surface area contributed by atoms with Gasteiger partial charge in [0.1, 0.15) is 0 Å². The SMILES string of the molecule is CNCc1cn(CCn2cc(C(F)(F)F)cn2)nn1. The molecule has 0 amide bonds. The Morgan fingerprint density at radius 2 is 1.95 bits per heavy atom. The Morgan fingerprint density at radius 1 is 1.21 bits per heavy atom. The van der Waals surface area contributed by atoms with E-state index in [0.29, 0.717) is 19.6 Å². The normalized spacial score (nSPS) is 12.0. The molecule has 0 atom stereocenters. The Kier molecular flexibility index (Phi) is 3.84. The van der Waals surface area contributed by atoms with E-state index in [0.717, 1.165) is 18.1 Å². The third kappa shape index (κ3) is 3.53.